The van der Waals surface area contributed by atoms with Crippen LogP contribution in [-0.2, 0) is 10.0 Å². The van der Waals surface area contributed by atoms with Crippen molar-refractivity contribution in [3.05, 3.63) is 17.7 Å². The summed E-state index contributed by atoms with van der Waals surface area (Å²) in [6.07, 6.45) is 3.25. The zero-order valence-corrected chi connectivity index (χ0v) is 16.1. The Kier molecular flexibility index (Phi) is 5.92. The third-order valence-electron chi connectivity index (χ3n) is 4.34. The van der Waals surface area contributed by atoms with E-state index in [0.717, 1.165) is 23.8 Å². The monoisotopic (exact) mass is 369 g/mol. The van der Waals surface area contributed by atoms with Crippen LogP contribution < -0.4 is 9.21 Å². The van der Waals surface area contributed by atoms with Gasteiger partial charge in [0.2, 0.25) is 10.0 Å². The second kappa shape index (κ2) is 7.59. The van der Waals surface area contributed by atoms with Crippen LogP contribution in [0.4, 0.5) is 11.6 Å². The topological polar surface area (TPSA) is 90.8 Å². The van der Waals surface area contributed by atoms with Crippen molar-refractivity contribution in [2.75, 3.05) is 29.3 Å². The summed E-state index contributed by atoms with van der Waals surface area (Å²) in [4.78, 5) is 18.0. The van der Waals surface area contributed by atoms with Crippen molar-refractivity contribution in [3.63, 3.8) is 0 Å². The Morgan fingerprint density at radius 3 is 2.40 bits per heavy atom. The van der Waals surface area contributed by atoms with Crippen LogP contribution in [0.25, 0.3) is 0 Å². The number of anilines is 2. The van der Waals surface area contributed by atoms with Gasteiger partial charge in [-0.25, -0.2) is 18.2 Å². The average Bonchev–Trinajstić information content (AvgIpc) is 3.37. The summed E-state index contributed by atoms with van der Waals surface area (Å²) in [5, 5.41) is 8.80. The molecule has 1 aliphatic carbocycles. The second-order valence-corrected chi connectivity index (χ2v) is 9.35. The fourth-order valence-electron chi connectivity index (χ4n) is 2.58. The summed E-state index contributed by atoms with van der Waals surface area (Å²) in [6, 6.07) is 2.84. The number of hydrogen-bond acceptors (Lipinski definition) is 5. The van der Waals surface area contributed by atoms with E-state index < -0.39 is 21.2 Å². The molecule has 0 radical (unpaired) electrons. The Hall–Kier alpha value is -1.83. The lowest BCUT2D eigenvalue weighted by atomic mass is 10.2. The molecule has 1 aromatic heterocycles. The minimum atomic E-state index is -3.58. The summed E-state index contributed by atoms with van der Waals surface area (Å²) in [6.45, 7) is 6.81. The van der Waals surface area contributed by atoms with Crippen molar-refractivity contribution in [2.45, 2.75) is 45.3 Å². The zero-order chi connectivity index (χ0) is 18.8. The van der Waals surface area contributed by atoms with E-state index in [-0.39, 0.29) is 11.4 Å². The first-order valence-corrected chi connectivity index (χ1v) is 10.1. The average molecular weight is 369 g/mol. The predicted octanol–water partition coefficient (Wildman–Crippen LogP) is 2.58. The Labute approximate surface area is 149 Å². The highest BCUT2D eigenvalue weighted by Crippen LogP contribution is 2.32. The normalized spacial score (nSPS) is 14.6. The minimum absolute atomic E-state index is 0.0442. The van der Waals surface area contributed by atoms with Crippen LogP contribution in [0.15, 0.2) is 12.1 Å². The van der Waals surface area contributed by atoms with Crippen LogP contribution in [-0.4, -0.2) is 49.9 Å². The van der Waals surface area contributed by atoms with Crippen LogP contribution in [0.3, 0.4) is 0 Å². The van der Waals surface area contributed by atoms with Crippen molar-refractivity contribution in [3.8, 4) is 0 Å². The lowest BCUT2D eigenvalue weighted by Crippen LogP contribution is -2.34. The first-order valence-electron chi connectivity index (χ1n) is 8.64. The number of aromatic carboxylic acids is 1. The molecule has 0 aliphatic heterocycles. The van der Waals surface area contributed by atoms with E-state index in [1.165, 1.54) is 32.0 Å². The highest BCUT2D eigenvalue weighted by atomic mass is 32.2. The van der Waals surface area contributed by atoms with E-state index in [9.17, 15) is 18.3 Å². The molecular weight excluding hydrogens is 342 g/mol. The SMILES string of the molecule is CCCN(CC1CC1)c1cc(C(=O)O)cc(N(C)S(=O)(=O)C(C)C)n1. The molecule has 1 heterocycles. The molecule has 0 saturated heterocycles. The molecule has 140 valence electrons. The van der Waals surface area contributed by atoms with Crippen LogP contribution in [0.1, 0.15) is 50.4 Å². The molecule has 1 aromatic rings. The summed E-state index contributed by atoms with van der Waals surface area (Å²) in [5.41, 5.74) is 0.0442. The number of rotatable bonds is 9. The van der Waals surface area contributed by atoms with E-state index in [1.54, 1.807) is 13.8 Å². The van der Waals surface area contributed by atoms with Gasteiger partial charge in [0.1, 0.15) is 11.6 Å². The summed E-state index contributed by atoms with van der Waals surface area (Å²) in [7, 11) is -2.16. The number of carbonyl (C=O) groups is 1. The molecule has 1 aliphatic rings. The third kappa shape index (κ3) is 4.62. The lowest BCUT2D eigenvalue weighted by Gasteiger charge is -2.26. The molecule has 1 fully saturated rings. The molecule has 7 nitrogen and oxygen atoms in total. The maximum Gasteiger partial charge on any atom is 0.335 e. The Balaban J connectivity index is 2.46. The highest BCUT2D eigenvalue weighted by molar-refractivity contribution is 7.93. The molecule has 0 aromatic carbocycles. The number of aromatic nitrogens is 1. The Morgan fingerprint density at radius 1 is 1.32 bits per heavy atom. The van der Waals surface area contributed by atoms with Gasteiger partial charge < -0.3 is 10.0 Å². The van der Waals surface area contributed by atoms with Crippen molar-refractivity contribution < 1.29 is 18.3 Å². The van der Waals surface area contributed by atoms with Gasteiger partial charge in [0.15, 0.2) is 0 Å². The van der Waals surface area contributed by atoms with Gasteiger partial charge in [-0.3, -0.25) is 4.31 Å². The first-order chi connectivity index (χ1) is 11.7. The van der Waals surface area contributed by atoms with E-state index >= 15 is 0 Å². The molecule has 0 bridgehead atoms. The fraction of sp³-hybridized carbons (Fsp3) is 0.647. The van der Waals surface area contributed by atoms with Gasteiger partial charge in [-0.1, -0.05) is 6.92 Å². The molecule has 0 atom stereocenters. The molecule has 1 saturated carbocycles. The number of hydrogen-bond donors (Lipinski definition) is 1. The fourth-order valence-corrected chi connectivity index (χ4v) is 3.56. The van der Waals surface area contributed by atoms with Crippen molar-refractivity contribution in [1.29, 1.82) is 0 Å². The predicted molar refractivity (Wildman–Crippen MR) is 98.9 cm³/mol. The lowest BCUT2D eigenvalue weighted by molar-refractivity contribution is 0.0697. The Morgan fingerprint density at radius 2 is 1.92 bits per heavy atom. The molecule has 2 rings (SSSR count). The maximum absolute atomic E-state index is 12.4. The summed E-state index contributed by atoms with van der Waals surface area (Å²) >= 11 is 0. The van der Waals surface area contributed by atoms with E-state index in [1.807, 2.05) is 0 Å². The molecular formula is C17H27N3O4S. The number of sulfonamides is 1. The van der Waals surface area contributed by atoms with Gasteiger partial charge in [-0.2, -0.15) is 0 Å². The maximum atomic E-state index is 12.4. The molecule has 8 heteroatoms. The number of pyridine rings is 1. The second-order valence-electron chi connectivity index (χ2n) is 6.83. The van der Waals surface area contributed by atoms with Crippen molar-refractivity contribution in [2.24, 2.45) is 5.92 Å². The number of carboxylic acid groups (broad SMARTS) is 1. The van der Waals surface area contributed by atoms with Gasteiger partial charge in [0, 0.05) is 20.1 Å². The highest BCUT2D eigenvalue weighted by Gasteiger charge is 2.28. The molecule has 0 spiro atoms. The van der Waals surface area contributed by atoms with Gasteiger partial charge in [-0.15, -0.1) is 0 Å². The van der Waals surface area contributed by atoms with Gasteiger partial charge in [-0.05, 0) is 51.2 Å². The quantitative estimate of drug-likeness (QED) is 0.719. The molecule has 1 N–H and O–H groups in total. The van der Waals surface area contributed by atoms with Gasteiger partial charge >= 0.3 is 5.97 Å². The summed E-state index contributed by atoms with van der Waals surface area (Å²) < 4.78 is 25.9. The van der Waals surface area contributed by atoms with Crippen LogP contribution in [0.2, 0.25) is 0 Å². The zero-order valence-electron chi connectivity index (χ0n) is 15.3. The molecule has 0 unspecified atom stereocenters. The van der Waals surface area contributed by atoms with Crippen molar-refractivity contribution >= 4 is 27.6 Å². The van der Waals surface area contributed by atoms with Gasteiger partial charge in [0.05, 0.1) is 10.8 Å². The van der Waals surface area contributed by atoms with Crippen LogP contribution in [0.5, 0.6) is 0 Å². The first kappa shape index (κ1) is 19.5. The molecule has 25 heavy (non-hydrogen) atoms. The van der Waals surface area contributed by atoms with Gasteiger partial charge in [0.25, 0.3) is 0 Å². The third-order valence-corrected chi connectivity index (χ3v) is 6.48. The van der Waals surface area contributed by atoms with Crippen LogP contribution >= 0.6 is 0 Å². The Bertz CT molecular complexity index is 729. The van der Waals surface area contributed by atoms with E-state index in [0.29, 0.717) is 11.7 Å². The number of carboxylic acids is 1. The van der Waals surface area contributed by atoms with Crippen molar-refractivity contribution in [1.82, 2.24) is 4.98 Å². The summed E-state index contributed by atoms with van der Waals surface area (Å²) in [5.74, 6) is 0.181. The van der Waals surface area contributed by atoms with E-state index in [2.05, 4.69) is 16.8 Å². The molecule has 0 amide bonds. The minimum Gasteiger partial charge on any atom is -0.478 e. The van der Waals surface area contributed by atoms with Crippen LogP contribution in [0, 0.1) is 5.92 Å². The smallest absolute Gasteiger partial charge is 0.335 e. The standard InChI is InChI=1S/C17H27N3O4S/c1-5-8-20(11-13-6-7-13)16-10-14(17(21)22)9-15(18-16)19(4)25(23,24)12(2)3/h9-10,12-13H,5-8,11H2,1-4H3,(H,21,22). The largest absolute Gasteiger partial charge is 0.478 e. The number of nitrogens with zero attached hydrogens (tertiary/aromatic N) is 3. The van der Waals surface area contributed by atoms with E-state index in [4.69, 9.17) is 0 Å².